The van der Waals surface area contributed by atoms with Gasteiger partial charge in [0.1, 0.15) is 5.75 Å². The molecule has 0 aliphatic carbocycles. The Balaban J connectivity index is 1.85. The van der Waals surface area contributed by atoms with Gasteiger partial charge in [-0.25, -0.2) is 13.2 Å². The van der Waals surface area contributed by atoms with E-state index in [1.165, 1.54) is 6.92 Å². The molecule has 2 atom stereocenters. The molecule has 1 amide bonds. The standard InChI is InChI=1S/C18H25NO6S/c1-12(2)10-24-16-6-4-14(5-7-16)18(21)25-13(3)17(20)19-15-8-9-26(22,23)11-15/h4-7,12-13,15H,8-11H2,1-3H3,(H,19,20)/t13-,15-/m1/s1. The quantitative estimate of drug-likeness (QED) is 0.718. The number of hydrogen-bond acceptors (Lipinski definition) is 6. The van der Waals surface area contributed by atoms with Crippen molar-refractivity contribution >= 4 is 21.7 Å². The molecule has 1 aliphatic rings. The second kappa shape index (κ2) is 8.53. The summed E-state index contributed by atoms with van der Waals surface area (Å²) in [5.41, 5.74) is 0.310. The molecule has 0 saturated carbocycles. The van der Waals surface area contributed by atoms with Gasteiger partial charge in [-0.1, -0.05) is 13.8 Å². The lowest BCUT2D eigenvalue weighted by Crippen LogP contribution is -2.42. The monoisotopic (exact) mass is 383 g/mol. The van der Waals surface area contributed by atoms with Crippen LogP contribution in [0.4, 0.5) is 0 Å². The van der Waals surface area contributed by atoms with Gasteiger partial charge in [-0.3, -0.25) is 4.79 Å². The Kier molecular flexibility index (Phi) is 6.63. The van der Waals surface area contributed by atoms with E-state index in [1.807, 2.05) is 13.8 Å². The third-order valence-electron chi connectivity index (χ3n) is 3.91. The van der Waals surface area contributed by atoms with Gasteiger partial charge in [0.2, 0.25) is 0 Å². The average molecular weight is 383 g/mol. The molecule has 8 heteroatoms. The van der Waals surface area contributed by atoms with E-state index >= 15 is 0 Å². The van der Waals surface area contributed by atoms with Gasteiger partial charge in [0.05, 0.1) is 23.7 Å². The number of ether oxygens (including phenoxy) is 2. The van der Waals surface area contributed by atoms with Crippen molar-refractivity contribution in [3.63, 3.8) is 0 Å². The van der Waals surface area contributed by atoms with E-state index in [-0.39, 0.29) is 11.5 Å². The van der Waals surface area contributed by atoms with E-state index in [9.17, 15) is 18.0 Å². The number of sulfone groups is 1. The molecule has 0 radical (unpaired) electrons. The number of esters is 1. The molecule has 7 nitrogen and oxygen atoms in total. The Bertz CT molecular complexity index is 741. The Morgan fingerprint density at radius 2 is 1.85 bits per heavy atom. The Hall–Kier alpha value is -2.09. The van der Waals surface area contributed by atoms with Crippen LogP contribution in [0.15, 0.2) is 24.3 Å². The first kappa shape index (κ1) is 20.2. The number of rotatable bonds is 7. The van der Waals surface area contributed by atoms with Crippen LogP contribution < -0.4 is 10.1 Å². The van der Waals surface area contributed by atoms with Crippen LogP contribution in [-0.4, -0.2) is 50.6 Å². The van der Waals surface area contributed by atoms with Gasteiger partial charge in [0.25, 0.3) is 5.91 Å². The van der Waals surface area contributed by atoms with Gasteiger partial charge in [-0.05, 0) is 43.5 Å². The zero-order valence-corrected chi connectivity index (χ0v) is 16.0. The summed E-state index contributed by atoms with van der Waals surface area (Å²) in [6.45, 7) is 6.12. The maximum atomic E-state index is 12.1. The zero-order chi connectivity index (χ0) is 19.3. The van der Waals surface area contributed by atoms with E-state index in [0.717, 1.165) is 0 Å². The molecule has 26 heavy (non-hydrogen) atoms. The summed E-state index contributed by atoms with van der Waals surface area (Å²) in [4.78, 5) is 24.2. The first-order chi connectivity index (χ1) is 12.2. The van der Waals surface area contributed by atoms with Gasteiger partial charge >= 0.3 is 5.97 Å². The van der Waals surface area contributed by atoms with Crippen LogP contribution in [-0.2, 0) is 19.4 Å². The third-order valence-corrected chi connectivity index (χ3v) is 5.67. The van der Waals surface area contributed by atoms with Gasteiger partial charge < -0.3 is 14.8 Å². The molecular weight excluding hydrogens is 358 g/mol. The molecule has 1 aromatic carbocycles. The summed E-state index contributed by atoms with van der Waals surface area (Å²) in [6, 6.07) is 6.07. The SMILES string of the molecule is CC(C)COc1ccc(C(=O)O[C@H](C)C(=O)N[C@@H]2CCS(=O)(=O)C2)cc1. The van der Waals surface area contributed by atoms with Gasteiger partial charge in [0, 0.05) is 6.04 Å². The lowest BCUT2D eigenvalue weighted by Gasteiger charge is -2.16. The van der Waals surface area contributed by atoms with Crippen LogP contribution in [0, 0.1) is 5.92 Å². The maximum Gasteiger partial charge on any atom is 0.338 e. The lowest BCUT2D eigenvalue weighted by molar-refractivity contribution is -0.129. The number of amides is 1. The zero-order valence-electron chi connectivity index (χ0n) is 15.2. The molecule has 2 rings (SSSR count). The Labute approximate surface area is 154 Å². The highest BCUT2D eigenvalue weighted by Crippen LogP contribution is 2.15. The van der Waals surface area contributed by atoms with Crippen molar-refractivity contribution in [1.82, 2.24) is 5.32 Å². The molecule has 0 spiro atoms. The second-order valence-corrected chi connectivity index (χ2v) is 9.11. The van der Waals surface area contributed by atoms with E-state index < -0.39 is 33.9 Å². The number of carbonyl (C=O) groups excluding carboxylic acids is 2. The number of carbonyl (C=O) groups is 2. The highest BCUT2D eigenvalue weighted by atomic mass is 32.2. The highest BCUT2D eigenvalue weighted by molar-refractivity contribution is 7.91. The Morgan fingerprint density at radius 1 is 1.19 bits per heavy atom. The third kappa shape index (κ3) is 6.01. The fourth-order valence-electron chi connectivity index (χ4n) is 2.46. The summed E-state index contributed by atoms with van der Waals surface area (Å²) in [5.74, 6) is -0.0778. The van der Waals surface area contributed by atoms with E-state index in [0.29, 0.717) is 30.3 Å². The van der Waals surface area contributed by atoms with Crippen LogP contribution in [0.1, 0.15) is 37.6 Å². The van der Waals surface area contributed by atoms with Gasteiger partial charge in [-0.2, -0.15) is 0 Å². The fourth-order valence-corrected chi connectivity index (χ4v) is 4.13. The van der Waals surface area contributed by atoms with Crippen LogP contribution in [0.5, 0.6) is 5.75 Å². The predicted molar refractivity (Wildman–Crippen MR) is 96.9 cm³/mol. The van der Waals surface area contributed by atoms with Crippen molar-refractivity contribution in [1.29, 1.82) is 0 Å². The van der Waals surface area contributed by atoms with Crippen molar-refractivity contribution in [2.45, 2.75) is 39.3 Å². The van der Waals surface area contributed by atoms with Crippen LogP contribution in [0.25, 0.3) is 0 Å². The number of benzene rings is 1. The molecule has 1 fully saturated rings. The van der Waals surface area contributed by atoms with Gasteiger partial charge in [-0.15, -0.1) is 0 Å². The molecule has 1 N–H and O–H groups in total. The van der Waals surface area contributed by atoms with Crippen molar-refractivity contribution in [2.75, 3.05) is 18.1 Å². The first-order valence-electron chi connectivity index (χ1n) is 8.61. The highest BCUT2D eigenvalue weighted by Gasteiger charge is 2.30. The lowest BCUT2D eigenvalue weighted by atomic mass is 10.2. The van der Waals surface area contributed by atoms with Crippen molar-refractivity contribution in [3.05, 3.63) is 29.8 Å². The topological polar surface area (TPSA) is 98.8 Å². The summed E-state index contributed by atoms with van der Waals surface area (Å²) in [7, 11) is -3.08. The minimum atomic E-state index is -3.08. The summed E-state index contributed by atoms with van der Waals surface area (Å²) in [5, 5.41) is 2.61. The smallest absolute Gasteiger partial charge is 0.338 e. The Morgan fingerprint density at radius 3 is 2.38 bits per heavy atom. The molecule has 1 aromatic rings. The van der Waals surface area contributed by atoms with Gasteiger partial charge in [0.15, 0.2) is 15.9 Å². The molecule has 144 valence electrons. The second-order valence-electron chi connectivity index (χ2n) is 6.89. The van der Waals surface area contributed by atoms with E-state index in [1.54, 1.807) is 24.3 Å². The van der Waals surface area contributed by atoms with Crippen molar-refractivity contribution < 1.29 is 27.5 Å². The number of hydrogen-bond donors (Lipinski definition) is 1. The molecule has 0 aromatic heterocycles. The predicted octanol–water partition coefficient (Wildman–Crippen LogP) is 1.57. The van der Waals surface area contributed by atoms with Crippen LogP contribution in [0.2, 0.25) is 0 Å². The molecule has 1 aliphatic heterocycles. The van der Waals surface area contributed by atoms with Crippen LogP contribution in [0.3, 0.4) is 0 Å². The molecule has 0 bridgehead atoms. The molecule has 1 heterocycles. The summed E-state index contributed by atoms with van der Waals surface area (Å²) in [6.07, 6.45) is -0.630. The van der Waals surface area contributed by atoms with Crippen LogP contribution >= 0.6 is 0 Å². The summed E-state index contributed by atoms with van der Waals surface area (Å²) < 4.78 is 33.5. The van der Waals surface area contributed by atoms with Crippen molar-refractivity contribution in [2.24, 2.45) is 5.92 Å². The van der Waals surface area contributed by atoms with E-state index in [4.69, 9.17) is 9.47 Å². The van der Waals surface area contributed by atoms with E-state index in [2.05, 4.69) is 5.32 Å². The average Bonchev–Trinajstić information content (AvgIpc) is 2.91. The summed E-state index contributed by atoms with van der Waals surface area (Å²) >= 11 is 0. The normalized spacial score (nSPS) is 19.8. The largest absolute Gasteiger partial charge is 0.493 e. The van der Waals surface area contributed by atoms with Crippen molar-refractivity contribution in [3.8, 4) is 5.75 Å². The fraction of sp³-hybridized carbons (Fsp3) is 0.556. The minimum Gasteiger partial charge on any atom is -0.493 e. The minimum absolute atomic E-state index is 0.0668. The maximum absolute atomic E-state index is 12.1. The number of nitrogens with one attached hydrogen (secondary N) is 1. The molecular formula is C18H25NO6S. The molecule has 0 unspecified atom stereocenters. The first-order valence-corrected chi connectivity index (χ1v) is 10.4. The molecule has 1 saturated heterocycles.